The Morgan fingerprint density at radius 3 is 2.67 bits per heavy atom. The zero-order chi connectivity index (χ0) is 15.2. The maximum absolute atomic E-state index is 13.8. The highest BCUT2D eigenvalue weighted by Gasteiger charge is 2.07. The van der Waals surface area contributed by atoms with E-state index in [1.54, 1.807) is 12.1 Å². The van der Waals surface area contributed by atoms with E-state index in [9.17, 15) is 8.78 Å². The summed E-state index contributed by atoms with van der Waals surface area (Å²) in [5.74, 6) is -0.186. The van der Waals surface area contributed by atoms with Crippen LogP contribution in [0, 0.1) is 11.6 Å². The molecule has 0 saturated carbocycles. The van der Waals surface area contributed by atoms with E-state index < -0.39 is 0 Å². The van der Waals surface area contributed by atoms with Gasteiger partial charge in [0.25, 0.3) is 0 Å². The molecule has 2 aromatic carbocycles. The first-order valence-electron chi connectivity index (χ1n) is 6.66. The number of hydrogen-bond acceptors (Lipinski definition) is 2. The number of rotatable bonds is 6. The highest BCUT2D eigenvalue weighted by molar-refractivity contribution is 9.10. The second kappa shape index (κ2) is 7.52. The van der Waals surface area contributed by atoms with E-state index in [1.807, 2.05) is 6.92 Å². The molecule has 2 rings (SSSR count). The minimum Gasteiger partial charge on any atom is -0.488 e. The molecule has 21 heavy (non-hydrogen) atoms. The number of benzene rings is 2. The van der Waals surface area contributed by atoms with Gasteiger partial charge >= 0.3 is 0 Å². The molecule has 0 unspecified atom stereocenters. The zero-order valence-electron chi connectivity index (χ0n) is 11.6. The van der Waals surface area contributed by atoms with Crippen molar-refractivity contribution in [3.63, 3.8) is 0 Å². The molecule has 0 fully saturated rings. The molecule has 0 heterocycles. The summed E-state index contributed by atoms with van der Waals surface area (Å²) in [5.41, 5.74) is 1.47. The van der Waals surface area contributed by atoms with Gasteiger partial charge in [0.15, 0.2) is 0 Å². The first-order chi connectivity index (χ1) is 10.1. The fourth-order valence-corrected chi connectivity index (χ4v) is 2.33. The summed E-state index contributed by atoms with van der Waals surface area (Å²) >= 11 is 3.22. The van der Waals surface area contributed by atoms with Gasteiger partial charge in [0, 0.05) is 12.1 Å². The van der Waals surface area contributed by atoms with E-state index in [2.05, 4.69) is 21.2 Å². The Morgan fingerprint density at radius 2 is 1.95 bits per heavy atom. The Morgan fingerprint density at radius 1 is 1.14 bits per heavy atom. The largest absolute Gasteiger partial charge is 0.488 e. The molecular formula is C16H16BrF2NO. The Bertz CT molecular complexity index is 619. The molecule has 0 aliphatic rings. The van der Waals surface area contributed by atoms with Crippen LogP contribution in [0.2, 0.25) is 0 Å². The molecular weight excluding hydrogens is 340 g/mol. The molecule has 0 amide bonds. The Labute approximate surface area is 131 Å². The number of halogens is 3. The van der Waals surface area contributed by atoms with Crippen LogP contribution >= 0.6 is 15.9 Å². The molecule has 2 aromatic rings. The zero-order valence-corrected chi connectivity index (χ0v) is 13.2. The summed E-state index contributed by atoms with van der Waals surface area (Å²) in [6.45, 7) is 3.64. The van der Waals surface area contributed by atoms with Gasteiger partial charge in [-0.05, 0) is 58.4 Å². The third-order valence-corrected chi connectivity index (χ3v) is 3.59. The van der Waals surface area contributed by atoms with E-state index in [-0.39, 0.29) is 18.2 Å². The van der Waals surface area contributed by atoms with Crippen LogP contribution in [0.5, 0.6) is 5.75 Å². The van der Waals surface area contributed by atoms with Crippen molar-refractivity contribution in [1.82, 2.24) is 5.32 Å². The van der Waals surface area contributed by atoms with Crippen LogP contribution in [-0.2, 0) is 13.2 Å². The molecule has 0 saturated heterocycles. The summed E-state index contributed by atoms with van der Waals surface area (Å²) in [4.78, 5) is 0. The van der Waals surface area contributed by atoms with Crippen LogP contribution in [0.1, 0.15) is 18.1 Å². The van der Waals surface area contributed by atoms with Crippen molar-refractivity contribution in [2.45, 2.75) is 20.1 Å². The molecule has 0 spiro atoms. The van der Waals surface area contributed by atoms with E-state index in [4.69, 9.17) is 4.74 Å². The minimum absolute atomic E-state index is 0.0933. The van der Waals surface area contributed by atoms with Gasteiger partial charge in [-0.1, -0.05) is 13.0 Å². The second-order valence-corrected chi connectivity index (χ2v) is 5.42. The Kier molecular flexibility index (Phi) is 5.70. The van der Waals surface area contributed by atoms with Crippen molar-refractivity contribution < 1.29 is 13.5 Å². The Hall–Kier alpha value is -1.46. The smallest absolute Gasteiger partial charge is 0.134 e. The van der Waals surface area contributed by atoms with Gasteiger partial charge in [0.05, 0.1) is 4.47 Å². The first-order valence-corrected chi connectivity index (χ1v) is 7.45. The summed E-state index contributed by atoms with van der Waals surface area (Å²) in [7, 11) is 0. The minimum atomic E-state index is -0.354. The van der Waals surface area contributed by atoms with Crippen molar-refractivity contribution in [3.05, 3.63) is 63.6 Å². The standard InChI is InChI=1S/C16H16BrF2NO/c1-2-20-9-11-3-5-15(19)12(7-11)10-21-16-6-4-13(18)8-14(16)17/h3-8,20H,2,9-10H2,1H3. The maximum atomic E-state index is 13.8. The maximum Gasteiger partial charge on any atom is 0.134 e. The lowest BCUT2D eigenvalue weighted by Gasteiger charge is -2.10. The number of nitrogens with one attached hydrogen (secondary N) is 1. The molecule has 2 nitrogen and oxygen atoms in total. The van der Waals surface area contributed by atoms with Crippen molar-refractivity contribution in [3.8, 4) is 5.75 Å². The quantitative estimate of drug-likeness (QED) is 0.828. The molecule has 5 heteroatoms. The molecule has 0 aliphatic carbocycles. The van der Waals surface area contributed by atoms with E-state index in [0.29, 0.717) is 22.3 Å². The second-order valence-electron chi connectivity index (χ2n) is 4.57. The fraction of sp³-hybridized carbons (Fsp3) is 0.250. The van der Waals surface area contributed by atoms with Crippen LogP contribution < -0.4 is 10.1 Å². The van der Waals surface area contributed by atoms with Gasteiger partial charge in [-0.2, -0.15) is 0 Å². The van der Waals surface area contributed by atoms with Gasteiger partial charge in [-0.25, -0.2) is 8.78 Å². The topological polar surface area (TPSA) is 21.3 Å². The van der Waals surface area contributed by atoms with Gasteiger partial charge in [-0.3, -0.25) is 0 Å². The first kappa shape index (κ1) is 15.9. The Balaban J connectivity index is 2.08. The summed E-state index contributed by atoms with van der Waals surface area (Å²) < 4.78 is 32.8. The summed E-state index contributed by atoms with van der Waals surface area (Å²) in [6, 6.07) is 9.08. The van der Waals surface area contributed by atoms with Gasteiger partial charge in [-0.15, -0.1) is 0 Å². The van der Waals surface area contributed by atoms with Gasteiger partial charge in [0.1, 0.15) is 24.0 Å². The third-order valence-electron chi connectivity index (χ3n) is 2.97. The number of hydrogen-bond donors (Lipinski definition) is 1. The average molecular weight is 356 g/mol. The van der Waals surface area contributed by atoms with Gasteiger partial charge in [0.2, 0.25) is 0 Å². The number of ether oxygens (including phenoxy) is 1. The van der Waals surface area contributed by atoms with E-state index >= 15 is 0 Å². The summed E-state index contributed by atoms with van der Waals surface area (Å²) in [6.07, 6.45) is 0. The molecule has 0 atom stereocenters. The van der Waals surface area contributed by atoms with E-state index in [1.165, 1.54) is 24.3 Å². The van der Waals surface area contributed by atoms with Crippen LogP contribution in [0.4, 0.5) is 8.78 Å². The third kappa shape index (κ3) is 4.51. The molecule has 1 N–H and O–H groups in total. The lowest BCUT2D eigenvalue weighted by Crippen LogP contribution is -2.12. The average Bonchev–Trinajstić information content (AvgIpc) is 2.46. The van der Waals surface area contributed by atoms with Crippen molar-refractivity contribution in [2.24, 2.45) is 0 Å². The highest BCUT2D eigenvalue weighted by atomic mass is 79.9. The highest BCUT2D eigenvalue weighted by Crippen LogP contribution is 2.26. The van der Waals surface area contributed by atoms with Crippen LogP contribution in [0.15, 0.2) is 40.9 Å². The predicted octanol–water partition coefficient (Wildman–Crippen LogP) is 4.42. The summed E-state index contributed by atoms with van der Waals surface area (Å²) in [5, 5.41) is 3.19. The van der Waals surface area contributed by atoms with Crippen LogP contribution in [0.3, 0.4) is 0 Å². The van der Waals surface area contributed by atoms with Crippen molar-refractivity contribution in [1.29, 1.82) is 0 Å². The van der Waals surface area contributed by atoms with E-state index in [0.717, 1.165) is 12.1 Å². The lowest BCUT2D eigenvalue weighted by molar-refractivity contribution is 0.297. The van der Waals surface area contributed by atoms with Crippen LogP contribution in [-0.4, -0.2) is 6.54 Å². The van der Waals surface area contributed by atoms with Crippen LogP contribution in [0.25, 0.3) is 0 Å². The fourth-order valence-electron chi connectivity index (χ4n) is 1.87. The molecule has 112 valence electrons. The SMILES string of the molecule is CCNCc1ccc(F)c(COc2ccc(F)cc2Br)c1. The molecule has 0 aromatic heterocycles. The predicted molar refractivity (Wildman–Crippen MR) is 82.2 cm³/mol. The van der Waals surface area contributed by atoms with Gasteiger partial charge < -0.3 is 10.1 Å². The molecule has 0 bridgehead atoms. The monoisotopic (exact) mass is 355 g/mol. The molecule has 0 aliphatic heterocycles. The lowest BCUT2D eigenvalue weighted by atomic mass is 10.1. The molecule has 0 radical (unpaired) electrons. The van der Waals surface area contributed by atoms with Crippen molar-refractivity contribution >= 4 is 15.9 Å². The van der Waals surface area contributed by atoms with Crippen molar-refractivity contribution in [2.75, 3.05) is 6.54 Å². The normalized spacial score (nSPS) is 10.7.